The van der Waals surface area contributed by atoms with Crippen molar-refractivity contribution in [3.05, 3.63) is 21.3 Å². The van der Waals surface area contributed by atoms with Gasteiger partial charge in [-0.15, -0.1) is 11.3 Å². The van der Waals surface area contributed by atoms with Crippen LogP contribution >= 0.6 is 22.9 Å². The van der Waals surface area contributed by atoms with Crippen molar-refractivity contribution >= 4 is 28.8 Å². The summed E-state index contributed by atoms with van der Waals surface area (Å²) in [5.74, 6) is 0.761. The van der Waals surface area contributed by atoms with Gasteiger partial charge >= 0.3 is 0 Å². The van der Waals surface area contributed by atoms with Crippen LogP contribution in [0.4, 0.5) is 0 Å². The molecule has 1 saturated heterocycles. The van der Waals surface area contributed by atoms with E-state index in [1.165, 1.54) is 4.88 Å². The highest BCUT2D eigenvalue weighted by molar-refractivity contribution is 7.16. The number of hydrogen-bond donors (Lipinski definition) is 2. The SMILES string of the molecule is O=C(CCc1ccc(Cl)s1)NCC1CNC1. The summed E-state index contributed by atoms with van der Waals surface area (Å²) in [6.45, 7) is 2.86. The first-order valence-corrected chi connectivity index (χ1v) is 6.65. The van der Waals surface area contributed by atoms with Crippen molar-refractivity contribution in [1.82, 2.24) is 10.6 Å². The number of halogens is 1. The lowest BCUT2D eigenvalue weighted by atomic mass is 10.0. The molecule has 0 bridgehead atoms. The quantitative estimate of drug-likeness (QED) is 0.844. The van der Waals surface area contributed by atoms with Gasteiger partial charge in [-0.3, -0.25) is 4.79 Å². The van der Waals surface area contributed by atoms with Crippen molar-refractivity contribution in [3.8, 4) is 0 Å². The first-order chi connectivity index (χ1) is 7.74. The molecule has 5 heteroatoms. The van der Waals surface area contributed by atoms with Crippen molar-refractivity contribution in [2.24, 2.45) is 5.92 Å². The number of hydrogen-bond acceptors (Lipinski definition) is 3. The van der Waals surface area contributed by atoms with Crippen LogP contribution in [0, 0.1) is 5.92 Å². The predicted molar refractivity (Wildman–Crippen MR) is 67.0 cm³/mol. The molecule has 0 radical (unpaired) electrons. The summed E-state index contributed by atoms with van der Waals surface area (Å²) in [4.78, 5) is 12.7. The molecule has 2 N–H and O–H groups in total. The Morgan fingerprint density at radius 1 is 1.56 bits per heavy atom. The zero-order valence-corrected chi connectivity index (χ0v) is 10.5. The number of rotatable bonds is 5. The fraction of sp³-hybridized carbons (Fsp3) is 0.545. The second-order valence-electron chi connectivity index (χ2n) is 4.03. The average Bonchev–Trinajstić information content (AvgIpc) is 2.59. The van der Waals surface area contributed by atoms with Gasteiger partial charge in [-0.05, 0) is 18.6 Å². The Bertz CT molecular complexity index is 363. The van der Waals surface area contributed by atoms with E-state index in [2.05, 4.69) is 10.6 Å². The van der Waals surface area contributed by atoms with Gasteiger partial charge in [0, 0.05) is 36.9 Å². The first-order valence-electron chi connectivity index (χ1n) is 5.45. The predicted octanol–water partition coefficient (Wildman–Crippen LogP) is 1.67. The van der Waals surface area contributed by atoms with E-state index in [0.717, 1.165) is 30.4 Å². The third-order valence-corrected chi connectivity index (χ3v) is 3.97. The minimum Gasteiger partial charge on any atom is -0.356 e. The topological polar surface area (TPSA) is 41.1 Å². The van der Waals surface area contributed by atoms with E-state index in [-0.39, 0.29) is 5.91 Å². The largest absolute Gasteiger partial charge is 0.356 e. The Labute approximate surface area is 104 Å². The average molecular weight is 259 g/mol. The number of carbonyl (C=O) groups is 1. The van der Waals surface area contributed by atoms with Gasteiger partial charge in [0.15, 0.2) is 0 Å². The molecule has 0 aliphatic carbocycles. The highest BCUT2D eigenvalue weighted by Crippen LogP contribution is 2.22. The normalized spacial score (nSPS) is 15.8. The van der Waals surface area contributed by atoms with Crippen molar-refractivity contribution in [3.63, 3.8) is 0 Å². The molecule has 2 heterocycles. The molecular formula is C11H15ClN2OS. The minimum absolute atomic E-state index is 0.136. The van der Waals surface area contributed by atoms with Gasteiger partial charge < -0.3 is 10.6 Å². The fourth-order valence-electron chi connectivity index (χ4n) is 1.56. The maximum atomic E-state index is 11.5. The second-order valence-corrected chi connectivity index (χ2v) is 5.83. The van der Waals surface area contributed by atoms with E-state index >= 15 is 0 Å². The smallest absolute Gasteiger partial charge is 0.220 e. The van der Waals surface area contributed by atoms with E-state index in [9.17, 15) is 4.79 Å². The van der Waals surface area contributed by atoms with Crippen LogP contribution in [0.15, 0.2) is 12.1 Å². The molecule has 0 spiro atoms. The molecular weight excluding hydrogens is 244 g/mol. The maximum absolute atomic E-state index is 11.5. The highest BCUT2D eigenvalue weighted by Gasteiger charge is 2.16. The minimum atomic E-state index is 0.136. The lowest BCUT2D eigenvalue weighted by molar-refractivity contribution is -0.121. The molecule has 1 aromatic rings. The molecule has 88 valence electrons. The fourth-order valence-corrected chi connectivity index (χ4v) is 2.65. The summed E-state index contributed by atoms with van der Waals surface area (Å²) in [5.41, 5.74) is 0. The van der Waals surface area contributed by atoms with Crippen LogP contribution in [0.3, 0.4) is 0 Å². The summed E-state index contributed by atoms with van der Waals surface area (Å²) < 4.78 is 0.788. The van der Waals surface area contributed by atoms with Crippen molar-refractivity contribution in [2.45, 2.75) is 12.8 Å². The molecule has 1 aliphatic heterocycles. The Morgan fingerprint density at radius 3 is 2.94 bits per heavy atom. The van der Waals surface area contributed by atoms with Gasteiger partial charge in [-0.1, -0.05) is 11.6 Å². The van der Waals surface area contributed by atoms with Crippen LogP contribution in [0.25, 0.3) is 0 Å². The number of aryl methyl sites for hydroxylation is 1. The van der Waals surface area contributed by atoms with Gasteiger partial charge in [-0.2, -0.15) is 0 Å². The second kappa shape index (κ2) is 5.66. The summed E-state index contributed by atoms with van der Waals surface area (Å²) >= 11 is 7.36. The zero-order valence-electron chi connectivity index (χ0n) is 8.96. The highest BCUT2D eigenvalue weighted by atomic mass is 35.5. The Morgan fingerprint density at radius 2 is 2.38 bits per heavy atom. The molecule has 0 aromatic carbocycles. The molecule has 1 aliphatic rings. The van der Waals surface area contributed by atoms with Gasteiger partial charge in [0.2, 0.25) is 5.91 Å². The third-order valence-electron chi connectivity index (χ3n) is 2.68. The summed E-state index contributed by atoms with van der Waals surface area (Å²) in [6.07, 6.45) is 1.34. The van der Waals surface area contributed by atoms with Crippen LogP contribution in [0.2, 0.25) is 4.34 Å². The lowest BCUT2D eigenvalue weighted by Crippen LogP contribution is -2.48. The number of nitrogens with one attached hydrogen (secondary N) is 2. The number of carbonyl (C=O) groups excluding carboxylic acids is 1. The molecule has 0 saturated carbocycles. The maximum Gasteiger partial charge on any atom is 0.220 e. The van der Waals surface area contributed by atoms with Crippen LogP contribution in [-0.4, -0.2) is 25.5 Å². The Hall–Kier alpha value is -0.580. The lowest BCUT2D eigenvalue weighted by Gasteiger charge is -2.27. The van der Waals surface area contributed by atoms with Crippen LogP contribution in [-0.2, 0) is 11.2 Å². The van der Waals surface area contributed by atoms with E-state index in [0.29, 0.717) is 12.3 Å². The zero-order chi connectivity index (χ0) is 11.4. The molecule has 1 fully saturated rings. The van der Waals surface area contributed by atoms with Gasteiger partial charge in [0.1, 0.15) is 0 Å². The van der Waals surface area contributed by atoms with E-state index < -0.39 is 0 Å². The standard InChI is InChI=1S/C11H15ClN2OS/c12-10-3-1-9(16-10)2-4-11(15)14-7-8-5-13-6-8/h1,3,8,13H,2,4-7H2,(H,14,15). The van der Waals surface area contributed by atoms with Gasteiger partial charge in [0.05, 0.1) is 4.34 Å². The van der Waals surface area contributed by atoms with Crippen molar-refractivity contribution in [1.29, 1.82) is 0 Å². The van der Waals surface area contributed by atoms with E-state index in [4.69, 9.17) is 11.6 Å². The van der Waals surface area contributed by atoms with E-state index in [1.807, 2.05) is 12.1 Å². The molecule has 1 aromatic heterocycles. The summed E-state index contributed by atoms with van der Waals surface area (Å²) in [5, 5.41) is 6.14. The molecule has 3 nitrogen and oxygen atoms in total. The van der Waals surface area contributed by atoms with Gasteiger partial charge in [-0.25, -0.2) is 0 Å². The number of thiophene rings is 1. The molecule has 1 amide bonds. The Kier molecular flexibility index (Phi) is 4.21. The summed E-state index contributed by atoms with van der Waals surface area (Å²) in [7, 11) is 0. The van der Waals surface area contributed by atoms with Gasteiger partial charge in [0.25, 0.3) is 0 Å². The Balaban J connectivity index is 1.63. The van der Waals surface area contributed by atoms with Crippen LogP contribution < -0.4 is 10.6 Å². The van der Waals surface area contributed by atoms with Crippen LogP contribution in [0.1, 0.15) is 11.3 Å². The molecule has 16 heavy (non-hydrogen) atoms. The van der Waals surface area contributed by atoms with E-state index in [1.54, 1.807) is 11.3 Å². The van der Waals surface area contributed by atoms with Crippen molar-refractivity contribution in [2.75, 3.05) is 19.6 Å². The molecule has 2 rings (SSSR count). The summed E-state index contributed by atoms with van der Waals surface area (Å²) in [6, 6.07) is 3.86. The van der Waals surface area contributed by atoms with Crippen molar-refractivity contribution < 1.29 is 4.79 Å². The molecule has 0 unspecified atom stereocenters. The number of amides is 1. The third kappa shape index (κ3) is 3.47. The first kappa shape index (κ1) is 11.9. The van der Waals surface area contributed by atoms with Crippen LogP contribution in [0.5, 0.6) is 0 Å². The molecule has 0 atom stereocenters. The monoisotopic (exact) mass is 258 g/mol.